The Balaban J connectivity index is 1.84. The molecule has 0 aliphatic heterocycles. The minimum Gasteiger partial charge on any atom is -0.293 e. The first-order chi connectivity index (χ1) is 13.2. The number of fused-ring (bicyclic) bond motifs is 2. The fourth-order valence-electron chi connectivity index (χ4n) is 3.69. The molecule has 0 fully saturated rings. The summed E-state index contributed by atoms with van der Waals surface area (Å²) in [7, 11) is 0. The molecular weight excluding hydrogens is 334 g/mol. The van der Waals surface area contributed by atoms with Gasteiger partial charge in [0.15, 0.2) is 5.65 Å². The molecule has 0 aliphatic rings. The first-order valence-corrected chi connectivity index (χ1v) is 8.88. The summed E-state index contributed by atoms with van der Waals surface area (Å²) in [4.78, 5) is 17.7. The summed E-state index contributed by atoms with van der Waals surface area (Å²) in [6, 6.07) is 25.9. The fraction of sp³-hybridized carbons (Fsp3) is 0.0435. The van der Waals surface area contributed by atoms with Crippen LogP contribution in [0.25, 0.3) is 38.8 Å². The van der Waals surface area contributed by atoms with Gasteiger partial charge in [0.05, 0.1) is 5.69 Å². The number of H-pyrrole nitrogens is 1. The summed E-state index contributed by atoms with van der Waals surface area (Å²) >= 11 is 0. The third kappa shape index (κ3) is 2.46. The van der Waals surface area contributed by atoms with E-state index < -0.39 is 0 Å². The Morgan fingerprint density at radius 2 is 1.63 bits per heavy atom. The largest absolute Gasteiger partial charge is 0.293 e. The molecule has 130 valence electrons. The van der Waals surface area contributed by atoms with Crippen molar-refractivity contribution in [2.75, 3.05) is 0 Å². The highest BCUT2D eigenvalue weighted by molar-refractivity contribution is 5.96. The molecule has 0 unspecified atom stereocenters. The highest BCUT2D eigenvalue weighted by atomic mass is 16.1. The predicted molar refractivity (Wildman–Crippen MR) is 109 cm³/mol. The summed E-state index contributed by atoms with van der Waals surface area (Å²) in [5, 5.41) is 5.37. The Hall–Kier alpha value is -3.66. The van der Waals surface area contributed by atoms with Crippen LogP contribution in [0.4, 0.5) is 0 Å². The lowest BCUT2D eigenvalue weighted by molar-refractivity contribution is 0.882. The molecule has 0 amide bonds. The molecule has 0 radical (unpaired) electrons. The van der Waals surface area contributed by atoms with Crippen molar-refractivity contribution in [2.45, 2.75) is 6.92 Å². The first kappa shape index (κ1) is 15.6. The average molecular weight is 351 g/mol. The van der Waals surface area contributed by atoms with Crippen LogP contribution < -0.4 is 5.56 Å². The fourth-order valence-corrected chi connectivity index (χ4v) is 3.69. The van der Waals surface area contributed by atoms with Crippen LogP contribution in [-0.4, -0.2) is 14.6 Å². The number of rotatable bonds is 2. The first-order valence-electron chi connectivity index (χ1n) is 8.88. The Morgan fingerprint density at radius 3 is 2.48 bits per heavy atom. The van der Waals surface area contributed by atoms with E-state index in [0.717, 1.165) is 33.2 Å². The number of aromatic amines is 1. The van der Waals surface area contributed by atoms with Crippen molar-refractivity contribution in [2.24, 2.45) is 0 Å². The van der Waals surface area contributed by atoms with E-state index in [9.17, 15) is 4.79 Å². The van der Waals surface area contributed by atoms with Gasteiger partial charge in [-0.1, -0.05) is 72.8 Å². The lowest BCUT2D eigenvalue weighted by Crippen LogP contribution is -2.14. The van der Waals surface area contributed by atoms with E-state index in [1.165, 1.54) is 4.52 Å². The average Bonchev–Trinajstić information content (AvgIpc) is 3.04. The molecule has 5 aromatic rings. The third-order valence-corrected chi connectivity index (χ3v) is 4.92. The molecule has 4 heteroatoms. The molecular formula is C23H17N3O. The molecule has 0 saturated carbocycles. The topological polar surface area (TPSA) is 50.2 Å². The minimum atomic E-state index is -0.117. The Labute approximate surface area is 155 Å². The predicted octanol–water partition coefficient (Wildman–Crippen LogP) is 4.82. The van der Waals surface area contributed by atoms with Crippen molar-refractivity contribution in [1.82, 2.24) is 14.6 Å². The quantitative estimate of drug-likeness (QED) is 0.496. The molecule has 4 nitrogen and oxygen atoms in total. The maximum Gasteiger partial charge on any atom is 0.273 e. The number of hydrogen-bond acceptors (Lipinski definition) is 2. The lowest BCUT2D eigenvalue weighted by atomic mass is 10.0. The summed E-state index contributed by atoms with van der Waals surface area (Å²) in [6.07, 6.45) is 0. The van der Waals surface area contributed by atoms with E-state index in [-0.39, 0.29) is 5.56 Å². The van der Waals surface area contributed by atoms with Crippen LogP contribution in [0, 0.1) is 6.92 Å². The smallest absolute Gasteiger partial charge is 0.273 e. The Morgan fingerprint density at radius 1 is 0.889 bits per heavy atom. The van der Waals surface area contributed by atoms with E-state index in [0.29, 0.717) is 11.3 Å². The molecule has 0 saturated heterocycles. The van der Waals surface area contributed by atoms with Gasteiger partial charge in [-0.25, -0.2) is 9.50 Å². The molecule has 2 aromatic heterocycles. The van der Waals surface area contributed by atoms with E-state index in [1.807, 2.05) is 61.5 Å². The number of aromatic nitrogens is 3. The molecule has 0 spiro atoms. The van der Waals surface area contributed by atoms with Gasteiger partial charge in [-0.05, 0) is 23.3 Å². The van der Waals surface area contributed by atoms with Crippen molar-refractivity contribution in [3.05, 3.63) is 94.9 Å². The van der Waals surface area contributed by atoms with Crippen LogP contribution in [0.3, 0.4) is 0 Å². The highest BCUT2D eigenvalue weighted by Gasteiger charge is 2.15. The second kappa shape index (κ2) is 5.95. The molecule has 0 aliphatic carbocycles. The maximum atomic E-state index is 12.8. The zero-order valence-corrected chi connectivity index (χ0v) is 14.8. The number of nitrogens with zero attached hydrogens (tertiary/aromatic N) is 2. The molecule has 27 heavy (non-hydrogen) atoms. The van der Waals surface area contributed by atoms with Gasteiger partial charge in [-0.15, -0.1) is 0 Å². The summed E-state index contributed by atoms with van der Waals surface area (Å²) in [6.45, 7) is 1.97. The van der Waals surface area contributed by atoms with Crippen LogP contribution in [0.15, 0.2) is 83.7 Å². The van der Waals surface area contributed by atoms with Gasteiger partial charge in [0.2, 0.25) is 0 Å². The maximum absolute atomic E-state index is 12.8. The number of hydrogen-bond donors (Lipinski definition) is 1. The van der Waals surface area contributed by atoms with Crippen molar-refractivity contribution >= 4 is 16.4 Å². The van der Waals surface area contributed by atoms with Gasteiger partial charge in [0.25, 0.3) is 5.56 Å². The van der Waals surface area contributed by atoms with Gasteiger partial charge in [0.1, 0.15) is 0 Å². The van der Waals surface area contributed by atoms with Crippen molar-refractivity contribution in [3.8, 4) is 22.4 Å². The van der Waals surface area contributed by atoms with E-state index >= 15 is 0 Å². The monoisotopic (exact) mass is 351 g/mol. The highest BCUT2D eigenvalue weighted by Crippen LogP contribution is 2.30. The van der Waals surface area contributed by atoms with Crippen molar-refractivity contribution < 1.29 is 0 Å². The SMILES string of the molecule is Cc1[nH]n2c(=O)cc(-c3cccc4ccccc34)nc2c1-c1ccccc1. The summed E-state index contributed by atoms with van der Waals surface area (Å²) in [5.41, 5.74) is 5.09. The van der Waals surface area contributed by atoms with E-state index in [4.69, 9.17) is 4.98 Å². The van der Waals surface area contributed by atoms with Gasteiger partial charge in [-0.2, -0.15) is 0 Å². The van der Waals surface area contributed by atoms with Crippen LogP contribution >= 0.6 is 0 Å². The minimum absolute atomic E-state index is 0.117. The van der Waals surface area contributed by atoms with Gasteiger partial charge in [-0.3, -0.25) is 9.89 Å². The van der Waals surface area contributed by atoms with Gasteiger partial charge < -0.3 is 0 Å². The Kier molecular flexibility index (Phi) is 3.44. The Bertz CT molecular complexity index is 1340. The zero-order chi connectivity index (χ0) is 18.4. The molecule has 5 rings (SSSR count). The van der Waals surface area contributed by atoms with Crippen LogP contribution in [0.1, 0.15) is 5.69 Å². The number of benzene rings is 3. The summed E-state index contributed by atoms with van der Waals surface area (Å²) < 4.78 is 1.52. The normalized spacial score (nSPS) is 11.3. The number of aryl methyl sites for hydroxylation is 1. The van der Waals surface area contributed by atoms with Crippen LogP contribution in [0.2, 0.25) is 0 Å². The van der Waals surface area contributed by atoms with E-state index in [1.54, 1.807) is 6.07 Å². The molecule has 0 atom stereocenters. The second-order valence-electron chi connectivity index (χ2n) is 6.64. The summed E-state index contributed by atoms with van der Waals surface area (Å²) in [5.74, 6) is 0. The van der Waals surface area contributed by atoms with Gasteiger partial charge in [0, 0.05) is 22.9 Å². The molecule has 1 N–H and O–H groups in total. The number of nitrogens with one attached hydrogen (secondary N) is 1. The van der Waals surface area contributed by atoms with Crippen LogP contribution in [0.5, 0.6) is 0 Å². The molecule has 0 bridgehead atoms. The van der Waals surface area contributed by atoms with Crippen LogP contribution in [-0.2, 0) is 0 Å². The van der Waals surface area contributed by atoms with E-state index in [2.05, 4.69) is 23.3 Å². The third-order valence-electron chi connectivity index (χ3n) is 4.92. The van der Waals surface area contributed by atoms with Crippen molar-refractivity contribution in [3.63, 3.8) is 0 Å². The molecule has 2 heterocycles. The van der Waals surface area contributed by atoms with Crippen molar-refractivity contribution in [1.29, 1.82) is 0 Å². The zero-order valence-electron chi connectivity index (χ0n) is 14.8. The second-order valence-corrected chi connectivity index (χ2v) is 6.64. The molecule has 3 aromatic carbocycles. The lowest BCUT2D eigenvalue weighted by Gasteiger charge is -2.07. The van der Waals surface area contributed by atoms with Gasteiger partial charge >= 0.3 is 0 Å². The standard InChI is InChI=1S/C23H17N3O/c1-15-22(17-9-3-2-4-10-17)23-24-20(14-21(27)26(23)25-15)19-13-7-11-16-8-5-6-12-18(16)19/h2-14,25H,1H3.